The van der Waals surface area contributed by atoms with Crippen LogP contribution < -0.4 is 10.1 Å². The van der Waals surface area contributed by atoms with E-state index in [2.05, 4.69) is 12.2 Å². The van der Waals surface area contributed by atoms with Gasteiger partial charge in [0.15, 0.2) is 0 Å². The molecule has 0 saturated carbocycles. The van der Waals surface area contributed by atoms with Crippen LogP contribution in [0.3, 0.4) is 0 Å². The molecule has 0 radical (unpaired) electrons. The minimum atomic E-state index is -0.531. The van der Waals surface area contributed by atoms with Gasteiger partial charge in [0.2, 0.25) is 0 Å². The van der Waals surface area contributed by atoms with Gasteiger partial charge in [0.25, 0.3) is 0 Å². The summed E-state index contributed by atoms with van der Waals surface area (Å²) in [6.45, 7) is 7.97. The van der Waals surface area contributed by atoms with E-state index in [4.69, 9.17) is 9.84 Å². The third-order valence-corrected chi connectivity index (χ3v) is 3.70. The van der Waals surface area contributed by atoms with E-state index in [0.29, 0.717) is 12.5 Å². The van der Waals surface area contributed by atoms with Gasteiger partial charge in [0.05, 0.1) is 0 Å². The van der Waals surface area contributed by atoms with Gasteiger partial charge in [0.1, 0.15) is 18.5 Å². The Morgan fingerprint density at radius 2 is 2.00 bits per heavy atom. The van der Waals surface area contributed by atoms with Crippen LogP contribution in [0.25, 0.3) is 0 Å². The molecule has 0 saturated heterocycles. The summed E-state index contributed by atoms with van der Waals surface area (Å²) in [5, 5.41) is 22.1. The molecule has 1 rings (SSSR count). The monoisotopic (exact) mass is 295 g/mol. The van der Waals surface area contributed by atoms with Crippen molar-refractivity contribution in [3.05, 3.63) is 29.3 Å². The standard InChI is InChI=1S/C17H29NO3/c1-4-15(7-8-19)10-18-11-16(20)12-21-17-9-13(2)5-6-14(17)3/h5-6,9,15-16,18-20H,4,7-8,10-12H2,1-3H3. The summed E-state index contributed by atoms with van der Waals surface area (Å²) in [6, 6.07) is 6.06. The van der Waals surface area contributed by atoms with Crippen molar-refractivity contribution in [3.8, 4) is 5.75 Å². The second-order valence-corrected chi connectivity index (χ2v) is 5.68. The molecule has 2 unspecified atom stereocenters. The number of hydrogen-bond donors (Lipinski definition) is 3. The molecule has 0 aliphatic rings. The molecule has 0 aliphatic heterocycles. The molecule has 0 bridgehead atoms. The van der Waals surface area contributed by atoms with Gasteiger partial charge < -0.3 is 20.3 Å². The number of hydrogen-bond acceptors (Lipinski definition) is 4. The minimum absolute atomic E-state index is 0.221. The number of aryl methyl sites for hydroxylation is 2. The van der Waals surface area contributed by atoms with Gasteiger partial charge in [-0.25, -0.2) is 0 Å². The van der Waals surface area contributed by atoms with Gasteiger partial charge in [-0.05, 0) is 49.9 Å². The van der Waals surface area contributed by atoms with Crippen LogP contribution in [0.1, 0.15) is 30.9 Å². The Bertz CT molecular complexity index is 409. The first-order chi connectivity index (χ1) is 10.1. The molecule has 1 aromatic rings. The van der Waals surface area contributed by atoms with Crippen LogP contribution in [0.15, 0.2) is 18.2 Å². The van der Waals surface area contributed by atoms with Gasteiger partial charge in [-0.2, -0.15) is 0 Å². The Labute approximate surface area is 128 Å². The number of benzene rings is 1. The van der Waals surface area contributed by atoms with Crippen molar-refractivity contribution in [3.63, 3.8) is 0 Å². The molecular weight excluding hydrogens is 266 g/mol. The molecule has 0 aromatic heterocycles. The highest BCUT2D eigenvalue weighted by atomic mass is 16.5. The normalized spacial score (nSPS) is 14.0. The van der Waals surface area contributed by atoms with E-state index in [1.165, 1.54) is 0 Å². The summed E-state index contributed by atoms with van der Waals surface area (Å²) < 4.78 is 5.68. The van der Waals surface area contributed by atoms with Gasteiger partial charge in [-0.3, -0.25) is 0 Å². The van der Waals surface area contributed by atoms with E-state index in [1.54, 1.807) is 0 Å². The third-order valence-electron chi connectivity index (χ3n) is 3.70. The van der Waals surface area contributed by atoms with Gasteiger partial charge in [-0.15, -0.1) is 0 Å². The molecule has 0 heterocycles. The lowest BCUT2D eigenvalue weighted by molar-refractivity contribution is 0.104. The van der Waals surface area contributed by atoms with E-state index in [9.17, 15) is 5.11 Å². The fourth-order valence-electron chi connectivity index (χ4n) is 2.19. The lowest BCUT2D eigenvalue weighted by Crippen LogP contribution is -2.34. The summed E-state index contributed by atoms with van der Waals surface area (Å²) in [5.74, 6) is 1.29. The quantitative estimate of drug-likeness (QED) is 0.618. The first-order valence-corrected chi connectivity index (χ1v) is 7.76. The molecule has 21 heavy (non-hydrogen) atoms. The molecule has 0 aliphatic carbocycles. The first-order valence-electron chi connectivity index (χ1n) is 7.76. The summed E-state index contributed by atoms with van der Waals surface area (Å²) in [5.41, 5.74) is 2.23. The fourth-order valence-corrected chi connectivity index (χ4v) is 2.19. The topological polar surface area (TPSA) is 61.7 Å². The Kier molecular flexibility index (Phi) is 8.35. The van der Waals surface area contributed by atoms with Crippen molar-refractivity contribution in [2.45, 2.75) is 39.7 Å². The number of nitrogens with one attached hydrogen (secondary N) is 1. The highest BCUT2D eigenvalue weighted by Gasteiger charge is 2.09. The fraction of sp³-hybridized carbons (Fsp3) is 0.647. The number of aliphatic hydroxyl groups is 2. The summed E-state index contributed by atoms with van der Waals surface area (Å²) >= 11 is 0. The van der Waals surface area contributed by atoms with E-state index in [-0.39, 0.29) is 13.2 Å². The zero-order chi connectivity index (χ0) is 15.7. The maximum absolute atomic E-state index is 9.95. The molecule has 1 aromatic carbocycles. The van der Waals surface area contributed by atoms with Crippen molar-refractivity contribution in [1.82, 2.24) is 5.32 Å². The zero-order valence-corrected chi connectivity index (χ0v) is 13.4. The predicted octanol–water partition coefficient (Wildman–Crippen LogP) is 2.04. The number of aliphatic hydroxyl groups excluding tert-OH is 2. The molecule has 4 nitrogen and oxygen atoms in total. The Morgan fingerprint density at radius 3 is 2.67 bits per heavy atom. The van der Waals surface area contributed by atoms with E-state index in [0.717, 1.165) is 36.3 Å². The summed E-state index contributed by atoms with van der Waals surface area (Å²) in [7, 11) is 0. The lowest BCUT2D eigenvalue weighted by atomic mass is 10.0. The predicted molar refractivity (Wildman–Crippen MR) is 85.8 cm³/mol. The molecule has 4 heteroatoms. The van der Waals surface area contributed by atoms with Crippen molar-refractivity contribution >= 4 is 0 Å². The van der Waals surface area contributed by atoms with Gasteiger partial charge in [0, 0.05) is 13.2 Å². The smallest absolute Gasteiger partial charge is 0.122 e. The average molecular weight is 295 g/mol. The first kappa shape index (κ1) is 18.0. The van der Waals surface area contributed by atoms with Crippen LogP contribution in [0.4, 0.5) is 0 Å². The average Bonchev–Trinajstić information content (AvgIpc) is 2.47. The Balaban J connectivity index is 2.27. The Hall–Kier alpha value is -1.10. The Morgan fingerprint density at radius 1 is 1.24 bits per heavy atom. The van der Waals surface area contributed by atoms with Crippen molar-refractivity contribution in [2.75, 3.05) is 26.3 Å². The maximum Gasteiger partial charge on any atom is 0.122 e. The third kappa shape index (κ3) is 6.93. The number of ether oxygens (including phenoxy) is 1. The summed E-state index contributed by atoms with van der Waals surface area (Å²) in [4.78, 5) is 0. The molecule has 0 spiro atoms. The largest absolute Gasteiger partial charge is 0.491 e. The van der Waals surface area contributed by atoms with Crippen molar-refractivity contribution < 1.29 is 14.9 Å². The van der Waals surface area contributed by atoms with Crippen LogP contribution in [-0.4, -0.2) is 42.6 Å². The molecule has 2 atom stereocenters. The zero-order valence-electron chi connectivity index (χ0n) is 13.4. The van der Waals surface area contributed by atoms with Crippen LogP contribution in [-0.2, 0) is 0 Å². The van der Waals surface area contributed by atoms with E-state index < -0.39 is 6.10 Å². The lowest BCUT2D eigenvalue weighted by Gasteiger charge is -2.18. The maximum atomic E-state index is 9.95. The summed E-state index contributed by atoms with van der Waals surface area (Å²) in [6.07, 6.45) is 1.30. The van der Waals surface area contributed by atoms with E-state index in [1.807, 2.05) is 32.0 Å². The van der Waals surface area contributed by atoms with Crippen LogP contribution in [0.5, 0.6) is 5.75 Å². The van der Waals surface area contributed by atoms with Crippen molar-refractivity contribution in [2.24, 2.45) is 5.92 Å². The van der Waals surface area contributed by atoms with Crippen LogP contribution in [0.2, 0.25) is 0 Å². The van der Waals surface area contributed by atoms with Crippen LogP contribution in [0, 0.1) is 19.8 Å². The van der Waals surface area contributed by atoms with Crippen molar-refractivity contribution in [1.29, 1.82) is 0 Å². The molecular formula is C17H29NO3. The minimum Gasteiger partial charge on any atom is -0.491 e. The van der Waals surface area contributed by atoms with Gasteiger partial charge in [-0.1, -0.05) is 25.5 Å². The highest BCUT2D eigenvalue weighted by molar-refractivity contribution is 5.35. The second-order valence-electron chi connectivity index (χ2n) is 5.68. The second kappa shape index (κ2) is 9.77. The molecule has 0 fully saturated rings. The van der Waals surface area contributed by atoms with Gasteiger partial charge >= 0.3 is 0 Å². The number of rotatable bonds is 10. The van der Waals surface area contributed by atoms with E-state index >= 15 is 0 Å². The molecule has 3 N–H and O–H groups in total. The van der Waals surface area contributed by atoms with Crippen LogP contribution >= 0.6 is 0 Å². The SMILES string of the molecule is CCC(CCO)CNCC(O)COc1cc(C)ccc1C. The molecule has 120 valence electrons. The molecule has 0 amide bonds. The highest BCUT2D eigenvalue weighted by Crippen LogP contribution is 2.19.